The quantitative estimate of drug-likeness (QED) is 0.881. The molecule has 1 heterocycles. The van der Waals surface area contributed by atoms with Crippen LogP contribution < -0.4 is 11.1 Å². The summed E-state index contributed by atoms with van der Waals surface area (Å²) in [5.41, 5.74) is 8.22. The summed E-state index contributed by atoms with van der Waals surface area (Å²) in [6, 6.07) is 9.12. The van der Waals surface area contributed by atoms with Gasteiger partial charge >= 0.3 is 0 Å². The van der Waals surface area contributed by atoms with Gasteiger partial charge in [-0.1, -0.05) is 6.07 Å². The lowest BCUT2D eigenvalue weighted by Crippen LogP contribution is -2.34. The van der Waals surface area contributed by atoms with Gasteiger partial charge in [-0.15, -0.1) is 10.2 Å². The van der Waals surface area contributed by atoms with Crippen LogP contribution in [0, 0.1) is 0 Å². The topological polar surface area (TPSA) is 68.8 Å². The molecular formula is C14H19N5. The van der Waals surface area contributed by atoms with E-state index in [2.05, 4.69) is 27.6 Å². The molecule has 0 spiro atoms. The van der Waals surface area contributed by atoms with Gasteiger partial charge in [-0.2, -0.15) is 0 Å². The van der Waals surface area contributed by atoms with Crippen molar-refractivity contribution in [2.45, 2.75) is 37.8 Å². The van der Waals surface area contributed by atoms with E-state index in [9.17, 15) is 0 Å². The number of nitrogens with zero attached hydrogens (tertiary/aromatic N) is 3. The lowest BCUT2D eigenvalue weighted by molar-refractivity contribution is 0.409. The predicted octanol–water partition coefficient (Wildman–Crippen LogP) is 1.95. The first-order valence-electron chi connectivity index (χ1n) is 6.78. The molecule has 2 atom stereocenters. The SMILES string of the molecule is NC1CCCC(Nc2cccc(-n3cnnc3)c2)C1. The summed E-state index contributed by atoms with van der Waals surface area (Å²) >= 11 is 0. The van der Waals surface area contributed by atoms with Gasteiger partial charge in [0.05, 0.1) is 5.69 Å². The Balaban J connectivity index is 1.73. The summed E-state index contributed by atoms with van der Waals surface area (Å²) in [4.78, 5) is 0. The van der Waals surface area contributed by atoms with Crippen molar-refractivity contribution in [3.63, 3.8) is 0 Å². The molecular weight excluding hydrogens is 238 g/mol. The van der Waals surface area contributed by atoms with Crippen molar-refractivity contribution in [2.24, 2.45) is 5.73 Å². The van der Waals surface area contributed by atoms with Crippen LogP contribution in [0.3, 0.4) is 0 Å². The standard InChI is InChI=1S/C14H19N5/c15-11-3-1-4-12(7-11)18-13-5-2-6-14(8-13)19-9-16-17-10-19/h2,5-6,8-12,18H,1,3-4,7,15H2. The maximum Gasteiger partial charge on any atom is 0.123 e. The number of hydrogen-bond acceptors (Lipinski definition) is 4. The number of nitrogens with two attached hydrogens (primary N) is 1. The number of anilines is 1. The fourth-order valence-corrected chi connectivity index (χ4v) is 2.68. The Morgan fingerprint density at radius 2 is 2.05 bits per heavy atom. The van der Waals surface area contributed by atoms with Crippen molar-refractivity contribution in [3.05, 3.63) is 36.9 Å². The molecule has 0 amide bonds. The number of benzene rings is 1. The van der Waals surface area contributed by atoms with Gasteiger partial charge in [-0.25, -0.2) is 0 Å². The van der Waals surface area contributed by atoms with E-state index in [1.165, 1.54) is 12.8 Å². The molecule has 1 fully saturated rings. The Bertz CT molecular complexity index is 522. The minimum absolute atomic E-state index is 0.340. The van der Waals surface area contributed by atoms with Gasteiger partial charge in [0.1, 0.15) is 12.7 Å². The summed E-state index contributed by atoms with van der Waals surface area (Å²) in [7, 11) is 0. The molecule has 3 rings (SSSR count). The van der Waals surface area contributed by atoms with Gasteiger partial charge in [-0.3, -0.25) is 4.57 Å². The average molecular weight is 257 g/mol. The first-order valence-corrected chi connectivity index (χ1v) is 6.78. The smallest absolute Gasteiger partial charge is 0.123 e. The minimum Gasteiger partial charge on any atom is -0.382 e. The van der Waals surface area contributed by atoms with Crippen LogP contribution in [0.1, 0.15) is 25.7 Å². The first-order chi connectivity index (χ1) is 9.31. The monoisotopic (exact) mass is 257 g/mol. The third-order valence-corrected chi connectivity index (χ3v) is 3.65. The van der Waals surface area contributed by atoms with Crippen LogP contribution in [0.25, 0.3) is 5.69 Å². The van der Waals surface area contributed by atoms with Crippen molar-refractivity contribution in [1.82, 2.24) is 14.8 Å². The Morgan fingerprint density at radius 1 is 1.21 bits per heavy atom. The van der Waals surface area contributed by atoms with Crippen LogP contribution in [0.5, 0.6) is 0 Å². The fourth-order valence-electron chi connectivity index (χ4n) is 2.68. The van der Waals surface area contributed by atoms with Crippen LogP contribution in [-0.2, 0) is 0 Å². The van der Waals surface area contributed by atoms with Crippen LogP contribution >= 0.6 is 0 Å². The largest absolute Gasteiger partial charge is 0.382 e. The first kappa shape index (κ1) is 12.2. The molecule has 0 bridgehead atoms. The summed E-state index contributed by atoms with van der Waals surface area (Å²) in [6.45, 7) is 0. The Hall–Kier alpha value is -1.88. The summed E-state index contributed by atoms with van der Waals surface area (Å²) < 4.78 is 1.90. The molecule has 2 aromatic rings. The third kappa shape index (κ3) is 2.93. The third-order valence-electron chi connectivity index (χ3n) is 3.65. The number of rotatable bonds is 3. The van der Waals surface area contributed by atoms with E-state index in [1.807, 2.05) is 16.7 Å². The van der Waals surface area contributed by atoms with Gasteiger partial charge in [0.15, 0.2) is 0 Å². The van der Waals surface area contributed by atoms with Gasteiger partial charge in [0.2, 0.25) is 0 Å². The van der Waals surface area contributed by atoms with Crippen molar-refractivity contribution < 1.29 is 0 Å². The van der Waals surface area contributed by atoms with E-state index in [0.29, 0.717) is 12.1 Å². The molecule has 5 nitrogen and oxygen atoms in total. The zero-order chi connectivity index (χ0) is 13.1. The molecule has 19 heavy (non-hydrogen) atoms. The zero-order valence-corrected chi connectivity index (χ0v) is 10.9. The van der Waals surface area contributed by atoms with Crippen molar-refractivity contribution in [2.75, 3.05) is 5.32 Å². The molecule has 1 aromatic carbocycles. The van der Waals surface area contributed by atoms with Gasteiger partial charge in [0, 0.05) is 17.8 Å². The number of nitrogens with one attached hydrogen (secondary N) is 1. The maximum atomic E-state index is 6.03. The van der Waals surface area contributed by atoms with Crippen LogP contribution in [0.4, 0.5) is 5.69 Å². The van der Waals surface area contributed by atoms with Gasteiger partial charge in [-0.05, 0) is 43.9 Å². The van der Waals surface area contributed by atoms with E-state index in [1.54, 1.807) is 12.7 Å². The van der Waals surface area contributed by atoms with Gasteiger partial charge < -0.3 is 11.1 Å². The molecule has 1 aliphatic carbocycles. The van der Waals surface area contributed by atoms with Crippen molar-refractivity contribution in [1.29, 1.82) is 0 Å². The number of aromatic nitrogens is 3. The highest BCUT2D eigenvalue weighted by atomic mass is 15.2. The van der Waals surface area contributed by atoms with Crippen LogP contribution in [0.2, 0.25) is 0 Å². The Kier molecular flexibility index (Phi) is 3.46. The highest BCUT2D eigenvalue weighted by Crippen LogP contribution is 2.22. The normalized spacial score (nSPS) is 23.2. The molecule has 5 heteroatoms. The molecule has 100 valence electrons. The predicted molar refractivity (Wildman–Crippen MR) is 75.2 cm³/mol. The van der Waals surface area contributed by atoms with Crippen LogP contribution in [-0.4, -0.2) is 26.8 Å². The molecule has 0 saturated heterocycles. The molecule has 0 aliphatic heterocycles. The van der Waals surface area contributed by atoms with Crippen LogP contribution in [0.15, 0.2) is 36.9 Å². The Labute approximate surface area is 112 Å². The molecule has 0 radical (unpaired) electrons. The second-order valence-corrected chi connectivity index (χ2v) is 5.19. The maximum absolute atomic E-state index is 6.03. The second-order valence-electron chi connectivity index (χ2n) is 5.19. The molecule has 1 aromatic heterocycles. The minimum atomic E-state index is 0.340. The van der Waals surface area contributed by atoms with E-state index in [0.717, 1.165) is 24.2 Å². The van der Waals surface area contributed by atoms with Crippen molar-refractivity contribution in [3.8, 4) is 5.69 Å². The molecule has 1 saturated carbocycles. The molecule has 3 N–H and O–H groups in total. The highest BCUT2D eigenvalue weighted by molar-refractivity contribution is 5.51. The highest BCUT2D eigenvalue weighted by Gasteiger charge is 2.18. The van der Waals surface area contributed by atoms with E-state index in [-0.39, 0.29) is 0 Å². The summed E-state index contributed by atoms with van der Waals surface area (Å²) in [5, 5.41) is 11.2. The summed E-state index contributed by atoms with van der Waals surface area (Å²) in [5.74, 6) is 0. The molecule has 2 unspecified atom stereocenters. The lowest BCUT2D eigenvalue weighted by atomic mass is 9.91. The summed E-state index contributed by atoms with van der Waals surface area (Å²) in [6.07, 6.45) is 8.02. The lowest BCUT2D eigenvalue weighted by Gasteiger charge is -2.28. The Morgan fingerprint density at radius 3 is 2.84 bits per heavy atom. The van der Waals surface area contributed by atoms with E-state index >= 15 is 0 Å². The number of hydrogen-bond donors (Lipinski definition) is 2. The van der Waals surface area contributed by atoms with E-state index in [4.69, 9.17) is 5.73 Å². The average Bonchev–Trinajstić information content (AvgIpc) is 2.93. The second kappa shape index (κ2) is 5.40. The van der Waals surface area contributed by atoms with E-state index < -0.39 is 0 Å². The fraction of sp³-hybridized carbons (Fsp3) is 0.429. The molecule has 1 aliphatic rings. The van der Waals surface area contributed by atoms with Crippen molar-refractivity contribution >= 4 is 5.69 Å². The van der Waals surface area contributed by atoms with Gasteiger partial charge in [0.25, 0.3) is 0 Å². The zero-order valence-electron chi connectivity index (χ0n) is 10.9.